The van der Waals surface area contributed by atoms with E-state index in [0.29, 0.717) is 11.4 Å². The van der Waals surface area contributed by atoms with Gasteiger partial charge in [0.1, 0.15) is 0 Å². The van der Waals surface area contributed by atoms with Crippen LogP contribution in [0.5, 0.6) is 0 Å². The van der Waals surface area contributed by atoms with Gasteiger partial charge in [-0.15, -0.1) is 0 Å². The summed E-state index contributed by atoms with van der Waals surface area (Å²) in [6.07, 6.45) is 4.17. The molecule has 0 saturated heterocycles. The van der Waals surface area contributed by atoms with E-state index in [0.717, 1.165) is 28.1 Å². The molecule has 0 fully saturated rings. The molecule has 1 aliphatic rings. The number of fused-ring (bicyclic) bond motifs is 1. The van der Waals surface area contributed by atoms with Gasteiger partial charge in [0.25, 0.3) is 0 Å². The van der Waals surface area contributed by atoms with Gasteiger partial charge < -0.3 is 5.32 Å². The summed E-state index contributed by atoms with van der Waals surface area (Å²) in [6.45, 7) is 0. The number of carbonyl (C=O) groups is 1. The Morgan fingerprint density at radius 1 is 1.14 bits per heavy atom. The molecule has 2 heterocycles. The van der Waals surface area contributed by atoms with E-state index in [1.165, 1.54) is 0 Å². The molecule has 0 atom stereocenters. The first-order chi connectivity index (χ1) is 10.7. The minimum absolute atomic E-state index is 0.0407. The van der Waals surface area contributed by atoms with Crippen molar-refractivity contribution >= 4 is 23.2 Å². The highest BCUT2D eigenvalue weighted by Gasteiger charge is 2.18. The molecule has 1 amide bonds. The maximum atomic E-state index is 11.4. The SMILES string of the molecule is O=C1Cc2cc(-c3cnn(-c4ccccc4Cl)c3)ccc2N1. The predicted molar refractivity (Wildman–Crippen MR) is 86.3 cm³/mol. The van der Waals surface area contributed by atoms with Crippen LogP contribution in [0.2, 0.25) is 5.02 Å². The van der Waals surface area contributed by atoms with Gasteiger partial charge in [-0.3, -0.25) is 4.79 Å². The highest BCUT2D eigenvalue weighted by molar-refractivity contribution is 6.32. The fourth-order valence-electron chi connectivity index (χ4n) is 2.65. The standard InChI is InChI=1S/C17H12ClN3O/c18-14-3-1-2-4-16(14)21-10-13(9-19-21)11-5-6-15-12(7-11)8-17(22)20-15/h1-7,9-10H,8H2,(H,20,22). The van der Waals surface area contributed by atoms with Crippen LogP contribution in [0.4, 0.5) is 5.69 Å². The van der Waals surface area contributed by atoms with Gasteiger partial charge in [0.05, 0.1) is 23.3 Å². The normalized spacial score (nSPS) is 13.0. The third-order valence-electron chi connectivity index (χ3n) is 3.75. The van der Waals surface area contributed by atoms with Crippen molar-refractivity contribution in [2.24, 2.45) is 0 Å². The Balaban J connectivity index is 1.72. The van der Waals surface area contributed by atoms with Crippen molar-refractivity contribution in [1.82, 2.24) is 9.78 Å². The minimum Gasteiger partial charge on any atom is -0.326 e. The lowest BCUT2D eigenvalue weighted by Crippen LogP contribution is -2.03. The molecule has 0 aliphatic carbocycles. The average Bonchev–Trinajstić information content (AvgIpc) is 3.12. The second-order valence-corrected chi connectivity index (χ2v) is 5.63. The first kappa shape index (κ1) is 13.1. The van der Waals surface area contributed by atoms with E-state index in [1.54, 1.807) is 10.9 Å². The van der Waals surface area contributed by atoms with Crippen LogP contribution in [0.3, 0.4) is 0 Å². The number of hydrogen-bond donors (Lipinski definition) is 1. The first-order valence-corrected chi connectivity index (χ1v) is 7.31. The number of aromatic nitrogens is 2. The molecule has 4 nitrogen and oxygen atoms in total. The number of carbonyl (C=O) groups excluding carboxylic acids is 1. The summed E-state index contributed by atoms with van der Waals surface area (Å²) in [4.78, 5) is 11.4. The van der Waals surface area contributed by atoms with Crippen molar-refractivity contribution in [3.63, 3.8) is 0 Å². The number of halogens is 1. The van der Waals surface area contributed by atoms with Gasteiger partial charge in [-0.2, -0.15) is 5.10 Å². The quantitative estimate of drug-likeness (QED) is 0.785. The van der Waals surface area contributed by atoms with Crippen LogP contribution in [0.25, 0.3) is 16.8 Å². The van der Waals surface area contributed by atoms with Gasteiger partial charge >= 0.3 is 0 Å². The van der Waals surface area contributed by atoms with Gasteiger partial charge in [-0.05, 0) is 35.4 Å². The molecule has 0 saturated carbocycles. The second kappa shape index (κ2) is 5.00. The van der Waals surface area contributed by atoms with E-state index >= 15 is 0 Å². The van der Waals surface area contributed by atoms with Crippen molar-refractivity contribution in [3.05, 3.63) is 65.4 Å². The molecule has 0 spiro atoms. The molecule has 0 unspecified atom stereocenters. The Hall–Kier alpha value is -2.59. The lowest BCUT2D eigenvalue weighted by molar-refractivity contribution is -0.115. The molecule has 108 valence electrons. The Bertz CT molecular complexity index is 885. The van der Waals surface area contributed by atoms with E-state index in [4.69, 9.17) is 11.6 Å². The van der Waals surface area contributed by atoms with E-state index in [-0.39, 0.29) is 5.91 Å². The lowest BCUT2D eigenvalue weighted by atomic mass is 10.0. The van der Waals surface area contributed by atoms with Crippen LogP contribution in [-0.4, -0.2) is 15.7 Å². The fraction of sp³-hybridized carbons (Fsp3) is 0.0588. The maximum Gasteiger partial charge on any atom is 0.228 e. The monoisotopic (exact) mass is 309 g/mol. The molecule has 1 aromatic heterocycles. The van der Waals surface area contributed by atoms with Crippen LogP contribution >= 0.6 is 11.6 Å². The smallest absolute Gasteiger partial charge is 0.228 e. The van der Waals surface area contributed by atoms with Crippen molar-refractivity contribution in [3.8, 4) is 16.8 Å². The summed E-state index contributed by atoms with van der Waals surface area (Å²) >= 11 is 6.20. The molecular weight excluding hydrogens is 298 g/mol. The van der Waals surface area contributed by atoms with Gasteiger partial charge in [0, 0.05) is 17.4 Å². The average molecular weight is 310 g/mol. The number of anilines is 1. The Morgan fingerprint density at radius 3 is 2.86 bits per heavy atom. The molecule has 0 radical (unpaired) electrons. The number of nitrogens with one attached hydrogen (secondary N) is 1. The van der Waals surface area contributed by atoms with Gasteiger partial charge in [0.2, 0.25) is 5.91 Å². The summed E-state index contributed by atoms with van der Waals surface area (Å²) < 4.78 is 1.76. The summed E-state index contributed by atoms with van der Waals surface area (Å²) in [5.41, 5.74) is 4.78. The zero-order chi connectivity index (χ0) is 15.1. The number of benzene rings is 2. The van der Waals surface area contributed by atoms with E-state index in [1.807, 2.05) is 48.7 Å². The molecule has 3 aromatic rings. The Morgan fingerprint density at radius 2 is 2.00 bits per heavy atom. The molecular formula is C17H12ClN3O. The number of nitrogens with zero attached hydrogens (tertiary/aromatic N) is 2. The molecule has 4 rings (SSSR count). The summed E-state index contributed by atoms with van der Waals surface area (Å²) in [6, 6.07) is 13.5. The van der Waals surface area contributed by atoms with Crippen molar-refractivity contribution in [2.75, 3.05) is 5.32 Å². The topological polar surface area (TPSA) is 46.9 Å². The van der Waals surface area contributed by atoms with Crippen LogP contribution < -0.4 is 5.32 Å². The third-order valence-corrected chi connectivity index (χ3v) is 4.07. The maximum absolute atomic E-state index is 11.4. The van der Waals surface area contributed by atoms with Crippen molar-refractivity contribution < 1.29 is 4.79 Å². The van der Waals surface area contributed by atoms with Gasteiger partial charge in [0.15, 0.2) is 0 Å². The molecule has 0 bridgehead atoms. The van der Waals surface area contributed by atoms with Gasteiger partial charge in [-0.1, -0.05) is 29.8 Å². The first-order valence-electron chi connectivity index (χ1n) is 6.93. The lowest BCUT2D eigenvalue weighted by Gasteiger charge is -2.03. The van der Waals surface area contributed by atoms with Crippen LogP contribution in [0.15, 0.2) is 54.9 Å². The zero-order valence-corrected chi connectivity index (χ0v) is 12.3. The highest BCUT2D eigenvalue weighted by Crippen LogP contribution is 2.29. The summed E-state index contributed by atoms with van der Waals surface area (Å²) in [7, 11) is 0. The molecule has 5 heteroatoms. The summed E-state index contributed by atoms with van der Waals surface area (Å²) in [5.74, 6) is 0.0407. The minimum atomic E-state index is 0.0407. The van der Waals surface area contributed by atoms with E-state index in [2.05, 4.69) is 10.4 Å². The van der Waals surface area contributed by atoms with Crippen LogP contribution in [0, 0.1) is 0 Å². The molecule has 1 aliphatic heterocycles. The van der Waals surface area contributed by atoms with E-state index in [9.17, 15) is 4.79 Å². The predicted octanol–water partition coefficient (Wildman–Crippen LogP) is 3.69. The molecule has 1 N–H and O–H groups in total. The number of amides is 1. The third kappa shape index (κ3) is 2.18. The van der Waals surface area contributed by atoms with E-state index < -0.39 is 0 Å². The number of para-hydroxylation sites is 1. The highest BCUT2D eigenvalue weighted by atomic mass is 35.5. The van der Waals surface area contributed by atoms with Crippen molar-refractivity contribution in [1.29, 1.82) is 0 Å². The molecule has 2 aromatic carbocycles. The zero-order valence-electron chi connectivity index (χ0n) is 11.6. The van der Waals surface area contributed by atoms with Crippen LogP contribution in [-0.2, 0) is 11.2 Å². The fourth-order valence-corrected chi connectivity index (χ4v) is 2.87. The largest absolute Gasteiger partial charge is 0.326 e. The van der Waals surface area contributed by atoms with Gasteiger partial charge in [-0.25, -0.2) is 4.68 Å². The second-order valence-electron chi connectivity index (χ2n) is 5.22. The number of hydrogen-bond acceptors (Lipinski definition) is 2. The van der Waals surface area contributed by atoms with Crippen molar-refractivity contribution in [2.45, 2.75) is 6.42 Å². The Labute approximate surface area is 132 Å². The van der Waals surface area contributed by atoms with Crippen LogP contribution in [0.1, 0.15) is 5.56 Å². The summed E-state index contributed by atoms with van der Waals surface area (Å²) in [5, 5.41) is 7.87. The number of rotatable bonds is 2. The molecule has 22 heavy (non-hydrogen) atoms. The Kier molecular flexibility index (Phi) is 2.98.